The maximum absolute atomic E-state index is 5.21. The topological polar surface area (TPSA) is 22.8 Å². The van der Waals surface area contributed by atoms with Crippen LogP contribution < -0.4 is 0 Å². The van der Waals surface area contributed by atoms with E-state index in [1.807, 2.05) is 11.3 Å². The molecule has 0 bridgehead atoms. The lowest BCUT2D eigenvalue weighted by molar-refractivity contribution is 1.09. The van der Waals surface area contributed by atoms with Crippen molar-refractivity contribution in [2.75, 3.05) is 0 Å². The van der Waals surface area contributed by atoms with Crippen LogP contribution in [0.5, 0.6) is 0 Å². The summed E-state index contributed by atoms with van der Waals surface area (Å²) in [5.74, 6) is 0.937. The molecule has 0 aliphatic heterocycles. The third kappa shape index (κ3) is 4.03. The summed E-state index contributed by atoms with van der Waals surface area (Å²) in [5, 5.41) is 5.14. The largest absolute Gasteiger partial charge is 0.309 e. The van der Waals surface area contributed by atoms with Gasteiger partial charge in [0, 0.05) is 47.9 Å². The van der Waals surface area contributed by atoms with E-state index >= 15 is 0 Å². The first-order valence-electron chi connectivity index (χ1n) is 16.3. The fourth-order valence-corrected chi connectivity index (χ4v) is 8.73. The summed E-state index contributed by atoms with van der Waals surface area (Å²) in [6.07, 6.45) is 0. The number of hydrogen-bond donors (Lipinski definition) is 0. The van der Waals surface area contributed by atoms with E-state index in [1.54, 1.807) is 0 Å². The SMILES string of the molecule is Cc1cccc2nc(-c3cccc(-n4c5ccccc5c5cc(-c6cccc7c6sc6ccccc67)ccc54)c3)n(-c3ccccc3)c12. The molecule has 7 aromatic carbocycles. The molecule has 0 radical (unpaired) electrons. The molecule has 3 nitrogen and oxygen atoms in total. The van der Waals surface area contributed by atoms with Gasteiger partial charge < -0.3 is 4.57 Å². The van der Waals surface area contributed by atoms with Crippen LogP contribution in [0, 0.1) is 6.92 Å². The Morgan fingerprint density at radius 1 is 0.500 bits per heavy atom. The van der Waals surface area contributed by atoms with Crippen LogP contribution in [-0.2, 0) is 0 Å². The smallest absolute Gasteiger partial charge is 0.145 e. The van der Waals surface area contributed by atoms with E-state index in [0.29, 0.717) is 0 Å². The van der Waals surface area contributed by atoms with Crippen molar-refractivity contribution in [2.24, 2.45) is 0 Å². The normalized spacial score (nSPS) is 11.9. The number of rotatable bonds is 4. The molecular formula is C44H29N3S. The van der Waals surface area contributed by atoms with Gasteiger partial charge in [0.1, 0.15) is 5.82 Å². The van der Waals surface area contributed by atoms with Crippen LogP contribution in [0.1, 0.15) is 5.56 Å². The molecule has 10 aromatic rings. The van der Waals surface area contributed by atoms with Crippen LogP contribution in [0.25, 0.3) is 86.9 Å². The highest BCUT2D eigenvalue weighted by Crippen LogP contribution is 2.42. The summed E-state index contributed by atoms with van der Waals surface area (Å²) in [6.45, 7) is 2.16. The van der Waals surface area contributed by atoms with Crippen LogP contribution in [-0.4, -0.2) is 14.1 Å². The molecule has 3 aromatic heterocycles. The predicted molar refractivity (Wildman–Crippen MR) is 204 cm³/mol. The maximum Gasteiger partial charge on any atom is 0.145 e. The van der Waals surface area contributed by atoms with Gasteiger partial charge in [-0.15, -0.1) is 11.3 Å². The summed E-state index contributed by atoms with van der Waals surface area (Å²) >= 11 is 1.88. The molecule has 0 spiro atoms. The zero-order valence-corrected chi connectivity index (χ0v) is 27.1. The van der Waals surface area contributed by atoms with Crippen molar-refractivity contribution in [3.63, 3.8) is 0 Å². The summed E-state index contributed by atoms with van der Waals surface area (Å²) in [6, 6.07) is 56.9. The number of fused-ring (bicyclic) bond motifs is 7. The van der Waals surface area contributed by atoms with Crippen molar-refractivity contribution >= 4 is 64.3 Å². The lowest BCUT2D eigenvalue weighted by Gasteiger charge is -2.13. The van der Waals surface area contributed by atoms with Gasteiger partial charge >= 0.3 is 0 Å². The number of nitrogens with zero attached hydrogens (tertiary/aromatic N) is 3. The molecule has 0 aliphatic rings. The van der Waals surface area contributed by atoms with Crippen LogP contribution in [0.3, 0.4) is 0 Å². The Morgan fingerprint density at radius 3 is 2.15 bits per heavy atom. The highest BCUT2D eigenvalue weighted by Gasteiger charge is 2.19. The van der Waals surface area contributed by atoms with Crippen molar-refractivity contribution in [2.45, 2.75) is 6.92 Å². The van der Waals surface area contributed by atoms with E-state index < -0.39 is 0 Å². The average molecular weight is 632 g/mol. The Hall–Kier alpha value is -5.97. The van der Waals surface area contributed by atoms with Gasteiger partial charge in [-0.3, -0.25) is 4.57 Å². The molecule has 10 rings (SSSR count). The van der Waals surface area contributed by atoms with Crippen molar-refractivity contribution in [1.29, 1.82) is 0 Å². The molecule has 4 heteroatoms. The van der Waals surface area contributed by atoms with Gasteiger partial charge in [0.25, 0.3) is 0 Å². The Bertz CT molecular complexity index is 2850. The molecule has 226 valence electrons. The third-order valence-electron chi connectivity index (χ3n) is 9.64. The molecular weight excluding hydrogens is 603 g/mol. The monoisotopic (exact) mass is 631 g/mol. The number of thiophene rings is 1. The van der Waals surface area contributed by atoms with Crippen molar-refractivity contribution in [3.8, 4) is 33.9 Å². The minimum atomic E-state index is 0.937. The maximum atomic E-state index is 5.21. The summed E-state index contributed by atoms with van der Waals surface area (Å²) in [5.41, 5.74) is 11.5. The van der Waals surface area contributed by atoms with Crippen molar-refractivity contribution in [1.82, 2.24) is 14.1 Å². The molecule has 48 heavy (non-hydrogen) atoms. The molecule has 0 amide bonds. The lowest BCUT2D eigenvalue weighted by atomic mass is 10.0. The van der Waals surface area contributed by atoms with E-state index in [-0.39, 0.29) is 0 Å². The molecule has 3 heterocycles. The third-order valence-corrected chi connectivity index (χ3v) is 10.9. The van der Waals surface area contributed by atoms with E-state index in [9.17, 15) is 0 Å². The second kappa shape index (κ2) is 10.5. The zero-order chi connectivity index (χ0) is 31.8. The molecule has 0 atom stereocenters. The van der Waals surface area contributed by atoms with Crippen LogP contribution in [0.2, 0.25) is 0 Å². The summed E-state index contributed by atoms with van der Waals surface area (Å²) in [7, 11) is 0. The van der Waals surface area contributed by atoms with Gasteiger partial charge in [-0.25, -0.2) is 4.98 Å². The van der Waals surface area contributed by atoms with Gasteiger partial charge in [-0.05, 0) is 78.2 Å². The Kier molecular flexibility index (Phi) is 5.96. The van der Waals surface area contributed by atoms with E-state index in [0.717, 1.165) is 33.8 Å². The van der Waals surface area contributed by atoms with Gasteiger partial charge in [0.15, 0.2) is 0 Å². The van der Waals surface area contributed by atoms with Gasteiger partial charge in [0.05, 0.1) is 22.1 Å². The van der Waals surface area contributed by atoms with Crippen LogP contribution >= 0.6 is 11.3 Å². The number of para-hydroxylation sites is 3. The number of aryl methyl sites for hydroxylation is 1. The number of imidazole rings is 1. The highest BCUT2D eigenvalue weighted by atomic mass is 32.1. The Balaban J connectivity index is 1.18. The number of hydrogen-bond acceptors (Lipinski definition) is 2. The van der Waals surface area contributed by atoms with Crippen molar-refractivity contribution in [3.05, 3.63) is 163 Å². The van der Waals surface area contributed by atoms with Gasteiger partial charge in [-0.2, -0.15) is 0 Å². The lowest BCUT2D eigenvalue weighted by Crippen LogP contribution is -2.00. The van der Waals surface area contributed by atoms with Crippen LogP contribution in [0.4, 0.5) is 0 Å². The standard InChI is InChI=1S/C44H29N3S/c1-28-12-9-21-38-42(28)47(31-14-3-2-4-15-31)44(45-38)30-13-10-16-32(26-30)46-39-22-7-5-17-34(39)37-27-29(24-25-40(37)46)33-19-11-20-36-35-18-6-8-23-41(35)48-43(33)36/h2-27H,1H3. The second-order valence-electron chi connectivity index (χ2n) is 12.5. The molecule has 0 N–H and O–H groups in total. The molecule has 0 saturated carbocycles. The van der Waals surface area contributed by atoms with Crippen LogP contribution in [0.15, 0.2) is 158 Å². The zero-order valence-electron chi connectivity index (χ0n) is 26.3. The first-order chi connectivity index (χ1) is 23.7. The van der Waals surface area contributed by atoms with Gasteiger partial charge in [0.2, 0.25) is 0 Å². The minimum Gasteiger partial charge on any atom is -0.309 e. The fraction of sp³-hybridized carbons (Fsp3) is 0.0227. The molecule has 0 aliphatic carbocycles. The van der Waals surface area contributed by atoms with E-state index in [4.69, 9.17) is 4.98 Å². The fourth-order valence-electron chi connectivity index (χ4n) is 7.49. The Morgan fingerprint density at radius 2 is 1.23 bits per heavy atom. The average Bonchev–Trinajstić information content (AvgIpc) is 3.82. The quantitative estimate of drug-likeness (QED) is 0.189. The number of aromatic nitrogens is 3. The molecule has 0 unspecified atom stereocenters. The minimum absolute atomic E-state index is 0.937. The molecule has 0 fully saturated rings. The predicted octanol–water partition coefficient (Wildman–Crippen LogP) is 12.1. The van der Waals surface area contributed by atoms with Crippen molar-refractivity contribution < 1.29 is 0 Å². The first kappa shape index (κ1) is 27.2. The summed E-state index contributed by atoms with van der Waals surface area (Å²) < 4.78 is 7.37. The second-order valence-corrected chi connectivity index (χ2v) is 13.5. The van der Waals surface area contributed by atoms with E-state index in [2.05, 4.69) is 174 Å². The molecule has 0 saturated heterocycles. The summed E-state index contributed by atoms with van der Waals surface area (Å²) in [4.78, 5) is 5.21. The van der Waals surface area contributed by atoms with Gasteiger partial charge in [-0.1, -0.05) is 103 Å². The number of benzene rings is 7. The highest BCUT2D eigenvalue weighted by molar-refractivity contribution is 7.26. The first-order valence-corrected chi connectivity index (χ1v) is 17.1. The van der Waals surface area contributed by atoms with E-state index in [1.165, 1.54) is 58.7 Å². The Labute approximate surface area is 281 Å².